The molecule has 0 aromatic heterocycles. The van der Waals surface area contributed by atoms with E-state index in [1.807, 2.05) is 61.5 Å². The summed E-state index contributed by atoms with van der Waals surface area (Å²) >= 11 is 14.4. The van der Waals surface area contributed by atoms with Gasteiger partial charge in [0.25, 0.3) is 11.8 Å². The Labute approximate surface area is 343 Å². The topological polar surface area (TPSA) is 88.2 Å². The highest BCUT2D eigenvalue weighted by atomic mass is 127. The van der Waals surface area contributed by atoms with E-state index in [4.69, 9.17) is 32.7 Å². The molecule has 3 aliphatic rings. The van der Waals surface area contributed by atoms with Crippen LogP contribution < -0.4 is 24.6 Å². The normalized spacial score (nSPS) is 18.6. The minimum atomic E-state index is -0.786. The van der Waals surface area contributed by atoms with Gasteiger partial charge in [0.2, 0.25) is 0 Å². The maximum absolute atomic E-state index is 14.5. The van der Waals surface area contributed by atoms with Crippen molar-refractivity contribution in [1.82, 2.24) is 5.32 Å². The van der Waals surface area contributed by atoms with Crippen molar-refractivity contribution in [3.63, 3.8) is 0 Å². The van der Waals surface area contributed by atoms with E-state index in [1.165, 1.54) is 22.9 Å². The average molecular weight is 885 g/mol. The second-order valence-corrected chi connectivity index (χ2v) is 15.7. The lowest BCUT2D eigenvalue weighted by Crippen LogP contribution is -2.54. The number of hydrogen-bond acceptors (Lipinski definition) is 6. The van der Waals surface area contributed by atoms with Gasteiger partial charge >= 0.3 is 6.03 Å². The van der Waals surface area contributed by atoms with Crippen LogP contribution >= 0.6 is 45.8 Å². The number of barbiturate groups is 1. The molecule has 5 aromatic rings. The van der Waals surface area contributed by atoms with E-state index in [9.17, 15) is 14.4 Å². The van der Waals surface area contributed by atoms with Gasteiger partial charge in [0.05, 0.1) is 25.9 Å². The highest BCUT2D eigenvalue weighted by Gasteiger charge is 2.40. The van der Waals surface area contributed by atoms with E-state index in [-0.39, 0.29) is 24.0 Å². The van der Waals surface area contributed by atoms with Gasteiger partial charge in [-0.1, -0.05) is 89.9 Å². The van der Waals surface area contributed by atoms with Crippen LogP contribution in [0, 0.1) is 3.57 Å². The van der Waals surface area contributed by atoms with E-state index in [0.717, 1.165) is 47.5 Å². The third-order valence-electron chi connectivity index (χ3n) is 10.4. The molecule has 0 saturated carbocycles. The highest BCUT2D eigenvalue weighted by molar-refractivity contribution is 14.1. The molecule has 0 spiro atoms. The minimum absolute atomic E-state index is 0.0664. The maximum atomic E-state index is 14.5. The summed E-state index contributed by atoms with van der Waals surface area (Å²) in [5, 5.41) is 3.32. The van der Waals surface area contributed by atoms with Crippen LogP contribution in [0.4, 0.5) is 16.2 Å². The first-order valence-corrected chi connectivity index (χ1v) is 20.0. The van der Waals surface area contributed by atoms with Gasteiger partial charge in [-0.25, -0.2) is 9.69 Å². The number of ether oxygens (including phenoxy) is 2. The van der Waals surface area contributed by atoms with Crippen LogP contribution in [0.15, 0.2) is 109 Å². The molecule has 3 aliphatic heterocycles. The second kappa shape index (κ2) is 15.7. The van der Waals surface area contributed by atoms with Crippen molar-refractivity contribution in [2.45, 2.75) is 38.2 Å². The van der Waals surface area contributed by atoms with Crippen molar-refractivity contribution in [1.29, 1.82) is 0 Å². The third-order valence-corrected chi connectivity index (χ3v) is 11.9. The smallest absolute Gasteiger partial charge is 0.335 e. The number of halogens is 3. The number of hydrogen-bond donors (Lipinski definition) is 1. The average Bonchev–Trinajstić information content (AvgIpc) is 3.18. The molecule has 4 amide bonds. The number of rotatable bonds is 9. The van der Waals surface area contributed by atoms with Crippen molar-refractivity contribution in [2.24, 2.45) is 0 Å². The Balaban J connectivity index is 1.18. The lowest BCUT2D eigenvalue weighted by molar-refractivity contribution is -0.122. The van der Waals surface area contributed by atoms with Gasteiger partial charge in [-0.15, -0.1) is 0 Å². The summed E-state index contributed by atoms with van der Waals surface area (Å²) in [5.74, 6) is -0.396. The third kappa shape index (κ3) is 7.33. The Bertz CT molecular complexity index is 2280. The number of amides is 4. The molecular weight excluding hydrogens is 848 g/mol. The molecule has 3 heterocycles. The van der Waals surface area contributed by atoms with Gasteiger partial charge in [0.15, 0.2) is 11.5 Å². The summed E-state index contributed by atoms with van der Waals surface area (Å²) < 4.78 is 12.8. The van der Waals surface area contributed by atoms with Crippen molar-refractivity contribution in [2.75, 3.05) is 29.5 Å². The summed E-state index contributed by atoms with van der Waals surface area (Å²) in [6, 6.07) is 32.7. The van der Waals surface area contributed by atoms with E-state index in [1.54, 1.807) is 24.3 Å². The van der Waals surface area contributed by atoms with Crippen molar-refractivity contribution in [3.05, 3.63) is 156 Å². The van der Waals surface area contributed by atoms with Crippen LogP contribution in [0.3, 0.4) is 0 Å². The van der Waals surface area contributed by atoms with Crippen LogP contribution in [-0.4, -0.2) is 37.5 Å². The van der Waals surface area contributed by atoms with Crippen LogP contribution in [0.2, 0.25) is 10.0 Å². The van der Waals surface area contributed by atoms with Crippen molar-refractivity contribution < 1.29 is 23.9 Å². The van der Waals surface area contributed by atoms with Gasteiger partial charge < -0.3 is 14.4 Å². The Morgan fingerprint density at radius 1 is 0.800 bits per heavy atom. The lowest BCUT2D eigenvalue weighted by Gasteiger charge is -2.44. The Morgan fingerprint density at radius 3 is 2.04 bits per heavy atom. The number of carbonyl (C=O) groups is 3. The van der Waals surface area contributed by atoms with Gasteiger partial charge in [-0.05, 0) is 118 Å². The number of anilines is 2. The fourth-order valence-electron chi connectivity index (χ4n) is 7.89. The predicted molar refractivity (Wildman–Crippen MR) is 225 cm³/mol. The van der Waals surface area contributed by atoms with E-state index >= 15 is 0 Å². The molecule has 0 bridgehead atoms. The van der Waals surface area contributed by atoms with Gasteiger partial charge in [0, 0.05) is 30.6 Å². The number of nitrogens with zero attached hydrogens (tertiary/aromatic N) is 2. The zero-order valence-corrected chi connectivity index (χ0v) is 33.5. The van der Waals surface area contributed by atoms with Crippen LogP contribution in [0.5, 0.6) is 11.5 Å². The molecule has 55 heavy (non-hydrogen) atoms. The molecule has 0 radical (unpaired) electrons. The number of imide groups is 2. The van der Waals surface area contributed by atoms with Crippen molar-refractivity contribution >= 4 is 81.1 Å². The quantitative estimate of drug-likeness (QED) is 0.0902. The van der Waals surface area contributed by atoms with E-state index in [2.05, 4.69) is 57.1 Å². The summed E-state index contributed by atoms with van der Waals surface area (Å²) in [7, 11) is 0. The fourth-order valence-corrected chi connectivity index (χ4v) is 8.99. The molecule has 0 aliphatic carbocycles. The first kappa shape index (κ1) is 37.1. The molecule has 5 aromatic carbocycles. The molecule has 8 nitrogen and oxygen atoms in total. The van der Waals surface area contributed by atoms with Gasteiger partial charge in [-0.3, -0.25) is 14.9 Å². The van der Waals surface area contributed by atoms with E-state index < -0.39 is 17.8 Å². The van der Waals surface area contributed by atoms with Gasteiger partial charge in [0.1, 0.15) is 12.2 Å². The zero-order valence-electron chi connectivity index (χ0n) is 29.9. The number of urea groups is 1. The zero-order chi connectivity index (χ0) is 38.2. The Morgan fingerprint density at radius 2 is 1.44 bits per heavy atom. The molecule has 8 rings (SSSR count). The molecule has 278 valence electrons. The molecule has 2 atom stereocenters. The Hall–Kier alpha value is -4.84. The fraction of sp³-hybridized carbons (Fsp3) is 0.205. The first-order valence-electron chi connectivity index (χ1n) is 18.2. The van der Waals surface area contributed by atoms with Gasteiger partial charge in [-0.2, -0.15) is 0 Å². The van der Waals surface area contributed by atoms with E-state index in [0.29, 0.717) is 43.0 Å². The molecule has 11 heteroatoms. The minimum Gasteiger partial charge on any atom is -0.490 e. The number of benzene rings is 5. The standard InChI is InChI=1S/C44H36Cl2IN3O5/c1-2-54-39-22-27(21-38(47)41(39)55-25-26-13-14-36(45)37(46)20-26)19-35-42(51)48-44(53)50(43(35)52)30-23-33-31(28-9-5-3-6-10-28)15-17-49-18-16-32(34(24-30)40(33)49)29-11-7-4-8-12-29/h3-14,19-24,31-32H,2,15-18,25H2,1H3,(H,48,51,53)/b35-19+/t31-,32-/m1/s1. The summed E-state index contributed by atoms with van der Waals surface area (Å²) in [5.41, 5.74) is 7.28. The second-order valence-electron chi connectivity index (χ2n) is 13.7. The molecule has 1 N–H and O–H groups in total. The lowest BCUT2D eigenvalue weighted by atomic mass is 9.76. The largest absolute Gasteiger partial charge is 0.490 e. The number of nitrogens with one attached hydrogen (secondary N) is 1. The summed E-state index contributed by atoms with van der Waals surface area (Å²) in [6.45, 7) is 4.24. The Kier molecular flexibility index (Phi) is 10.6. The summed E-state index contributed by atoms with van der Waals surface area (Å²) in [4.78, 5) is 45.1. The first-order chi connectivity index (χ1) is 26.7. The molecular formula is C44H36Cl2IN3O5. The maximum Gasteiger partial charge on any atom is 0.335 e. The summed E-state index contributed by atoms with van der Waals surface area (Å²) in [6.07, 6.45) is 3.29. The molecule has 1 fully saturated rings. The van der Waals surface area contributed by atoms with Crippen LogP contribution in [0.25, 0.3) is 6.08 Å². The monoisotopic (exact) mass is 883 g/mol. The molecule has 0 unspecified atom stereocenters. The highest BCUT2D eigenvalue weighted by Crippen LogP contribution is 2.50. The molecule has 1 saturated heterocycles. The van der Waals surface area contributed by atoms with Crippen LogP contribution in [0.1, 0.15) is 65.0 Å². The predicted octanol–water partition coefficient (Wildman–Crippen LogP) is 10.1. The number of carbonyl (C=O) groups excluding carboxylic acids is 3. The SMILES string of the molecule is CCOc1cc(/C=C2\C(=O)NC(=O)N(c3cc4c5c(c3)[C@@H](c3ccccc3)CCN5CC[C@@H]4c3ccccc3)C2=O)cc(I)c1OCc1ccc(Cl)c(Cl)c1. The van der Waals surface area contributed by atoms with Crippen LogP contribution in [-0.2, 0) is 16.2 Å². The van der Waals surface area contributed by atoms with Crippen molar-refractivity contribution in [3.8, 4) is 11.5 Å².